The van der Waals surface area contributed by atoms with Gasteiger partial charge in [-0.15, -0.1) is 5.10 Å². The highest BCUT2D eigenvalue weighted by molar-refractivity contribution is 7.98. The Bertz CT molecular complexity index is 1460. The number of aryl methyl sites for hydroxylation is 2. The average Bonchev–Trinajstić information content (AvgIpc) is 3.26. The maximum Gasteiger partial charge on any atom is 0.255 e. The van der Waals surface area contributed by atoms with E-state index in [4.69, 9.17) is 21.7 Å². The van der Waals surface area contributed by atoms with Gasteiger partial charge < -0.3 is 10.6 Å². The molecule has 0 radical (unpaired) electrons. The summed E-state index contributed by atoms with van der Waals surface area (Å²) in [7, 11) is 0. The topological polar surface area (TPSA) is 71.8 Å². The van der Waals surface area contributed by atoms with Crippen LogP contribution in [0.15, 0.2) is 89.2 Å². The number of aromatic nitrogens is 3. The molecule has 2 heterocycles. The van der Waals surface area contributed by atoms with E-state index in [2.05, 4.69) is 28.8 Å². The van der Waals surface area contributed by atoms with Crippen LogP contribution < -0.4 is 10.6 Å². The van der Waals surface area contributed by atoms with Gasteiger partial charge >= 0.3 is 0 Å². The molecular weight excluding hydrogens is 490 g/mol. The largest absolute Gasteiger partial charge is 0.328 e. The van der Waals surface area contributed by atoms with Crippen LogP contribution in [0.25, 0.3) is 0 Å². The molecule has 0 spiro atoms. The van der Waals surface area contributed by atoms with Crippen LogP contribution >= 0.6 is 23.4 Å². The normalized spacial score (nSPS) is 14.8. The molecule has 1 amide bonds. The van der Waals surface area contributed by atoms with Crippen LogP contribution in [0.1, 0.15) is 35.2 Å². The number of allylic oxidation sites excluding steroid dienone is 1. The van der Waals surface area contributed by atoms with E-state index < -0.39 is 6.04 Å². The summed E-state index contributed by atoms with van der Waals surface area (Å²) in [5.41, 5.74) is 6.27. The second-order valence-electron chi connectivity index (χ2n) is 8.83. The van der Waals surface area contributed by atoms with Gasteiger partial charge in [0.15, 0.2) is 0 Å². The van der Waals surface area contributed by atoms with Crippen molar-refractivity contribution < 1.29 is 4.79 Å². The average molecular weight is 516 g/mol. The highest BCUT2D eigenvalue weighted by Crippen LogP contribution is 2.38. The van der Waals surface area contributed by atoms with E-state index >= 15 is 0 Å². The molecule has 0 aliphatic carbocycles. The summed E-state index contributed by atoms with van der Waals surface area (Å²) >= 11 is 7.92. The van der Waals surface area contributed by atoms with Gasteiger partial charge in [-0.1, -0.05) is 83.5 Å². The zero-order valence-corrected chi connectivity index (χ0v) is 21.8. The van der Waals surface area contributed by atoms with Crippen molar-refractivity contribution in [1.29, 1.82) is 0 Å². The number of rotatable bonds is 6. The first-order valence-corrected chi connectivity index (χ1v) is 13.0. The van der Waals surface area contributed by atoms with Crippen molar-refractivity contribution >= 4 is 40.9 Å². The summed E-state index contributed by atoms with van der Waals surface area (Å²) in [5.74, 6) is 1.14. The van der Waals surface area contributed by atoms with Crippen LogP contribution in [0.2, 0.25) is 5.02 Å². The van der Waals surface area contributed by atoms with Crippen molar-refractivity contribution in [2.75, 3.05) is 10.6 Å². The molecule has 5 rings (SSSR count). The first kappa shape index (κ1) is 24.2. The molecule has 1 aromatic heterocycles. The van der Waals surface area contributed by atoms with Gasteiger partial charge in [0, 0.05) is 22.2 Å². The minimum atomic E-state index is -0.482. The van der Waals surface area contributed by atoms with Gasteiger partial charge in [0.1, 0.15) is 6.04 Å². The molecule has 8 heteroatoms. The Hall–Kier alpha value is -3.55. The predicted octanol–water partition coefficient (Wildman–Crippen LogP) is 6.77. The minimum absolute atomic E-state index is 0.198. The fourth-order valence-corrected chi connectivity index (χ4v) is 5.32. The van der Waals surface area contributed by atoms with Gasteiger partial charge in [0.2, 0.25) is 11.1 Å². The third-order valence-corrected chi connectivity index (χ3v) is 7.23. The molecule has 3 aromatic carbocycles. The third-order valence-electron chi connectivity index (χ3n) is 6.08. The number of amides is 1. The lowest BCUT2D eigenvalue weighted by Gasteiger charge is -2.29. The molecule has 0 bridgehead atoms. The lowest BCUT2D eigenvalue weighted by Crippen LogP contribution is -2.31. The molecule has 1 atom stereocenters. The summed E-state index contributed by atoms with van der Waals surface area (Å²) in [6.45, 7) is 5.91. The first-order chi connectivity index (χ1) is 17.4. The Balaban J connectivity index is 1.50. The molecule has 0 saturated carbocycles. The maximum absolute atomic E-state index is 13.7. The van der Waals surface area contributed by atoms with E-state index in [9.17, 15) is 4.79 Å². The van der Waals surface area contributed by atoms with Gasteiger partial charge in [-0.05, 0) is 55.7 Å². The van der Waals surface area contributed by atoms with Gasteiger partial charge in [-0.2, -0.15) is 4.98 Å². The number of anilines is 2. The molecule has 6 nitrogen and oxygen atoms in total. The summed E-state index contributed by atoms with van der Waals surface area (Å²) in [4.78, 5) is 18.4. The number of fused-ring (bicyclic) bond motifs is 1. The second kappa shape index (κ2) is 10.2. The van der Waals surface area contributed by atoms with E-state index in [1.54, 1.807) is 16.4 Å². The van der Waals surface area contributed by atoms with Gasteiger partial charge in [0.25, 0.3) is 5.91 Å². The van der Waals surface area contributed by atoms with Crippen LogP contribution in [0.3, 0.4) is 0 Å². The lowest BCUT2D eigenvalue weighted by atomic mass is 9.95. The fourth-order valence-electron chi connectivity index (χ4n) is 4.34. The van der Waals surface area contributed by atoms with E-state index in [0.29, 0.717) is 21.7 Å². The number of nitrogens with one attached hydrogen (secondary N) is 2. The molecule has 2 N–H and O–H groups in total. The van der Waals surface area contributed by atoms with E-state index in [1.807, 2.05) is 75.4 Å². The number of hydrogen-bond acceptors (Lipinski definition) is 5. The number of thioether (sulfide) groups is 1. The summed E-state index contributed by atoms with van der Waals surface area (Å²) in [6.07, 6.45) is 0. The van der Waals surface area contributed by atoms with E-state index in [1.165, 1.54) is 5.56 Å². The van der Waals surface area contributed by atoms with E-state index in [0.717, 1.165) is 33.8 Å². The SMILES string of the molecule is CC1=C(C(=O)Nc2ccc(C)cc2C)[C@@H](c2cccc(Cl)c2)n2nc(SCc3ccccc3)nc2N1. The van der Waals surface area contributed by atoms with Crippen molar-refractivity contribution in [3.8, 4) is 0 Å². The highest BCUT2D eigenvalue weighted by atomic mass is 35.5. The first-order valence-electron chi connectivity index (χ1n) is 11.6. The molecule has 0 saturated heterocycles. The Morgan fingerprint density at radius 1 is 1.06 bits per heavy atom. The smallest absolute Gasteiger partial charge is 0.255 e. The number of halogens is 1. The zero-order chi connectivity index (χ0) is 25.2. The Kier molecular flexibility index (Phi) is 6.85. The molecular formula is C28H26ClN5OS. The van der Waals surface area contributed by atoms with Crippen molar-refractivity contribution in [3.05, 3.63) is 111 Å². The zero-order valence-electron chi connectivity index (χ0n) is 20.2. The molecule has 1 aliphatic rings. The van der Waals surface area contributed by atoms with Crippen molar-refractivity contribution in [1.82, 2.24) is 14.8 Å². The molecule has 0 fully saturated rings. The van der Waals surface area contributed by atoms with Gasteiger partial charge in [0.05, 0.1) is 5.57 Å². The molecule has 36 heavy (non-hydrogen) atoms. The van der Waals surface area contributed by atoms with Gasteiger partial charge in [-0.25, -0.2) is 4.68 Å². The Morgan fingerprint density at radius 2 is 1.86 bits per heavy atom. The van der Waals surface area contributed by atoms with Gasteiger partial charge in [-0.3, -0.25) is 4.79 Å². The molecule has 0 unspecified atom stereocenters. The quantitative estimate of drug-likeness (QED) is 0.277. The number of benzene rings is 3. The van der Waals surface area contributed by atoms with Crippen molar-refractivity contribution in [2.45, 2.75) is 37.7 Å². The van der Waals surface area contributed by atoms with Crippen LogP contribution in [-0.2, 0) is 10.5 Å². The number of carbonyl (C=O) groups is 1. The number of hydrogen-bond donors (Lipinski definition) is 2. The molecule has 1 aliphatic heterocycles. The van der Waals surface area contributed by atoms with Crippen LogP contribution in [-0.4, -0.2) is 20.7 Å². The second-order valence-corrected chi connectivity index (χ2v) is 10.2. The van der Waals surface area contributed by atoms with Crippen LogP contribution in [0.5, 0.6) is 0 Å². The summed E-state index contributed by atoms with van der Waals surface area (Å²) in [5, 5.41) is 12.4. The maximum atomic E-state index is 13.7. The Labute approximate surface area is 219 Å². The third kappa shape index (κ3) is 5.03. The van der Waals surface area contributed by atoms with Crippen LogP contribution in [0.4, 0.5) is 11.6 Å². The minimum Gasteiger partial charge on any atom is -0.328 e. The highest BCUT2D eigenvalue weighted by Gasteiger charge is 2.34. The fraction of sp³-hybridized carbons (Fsp3) is 0.179. The number of nitrogens with zero attached hydrogens (tertiary/aromatic N) is 3. The molecule has 182 valence electrons. The standard InChI is InChI=1S/C28H26ClN5OS/c1-17-12-13-23(18(2)14-17)31-26(35)24-19(3)30-27-32-28(36-16-20-8-5-4-6-9-20)33-34(27)25(24)21-10-7-11-22(29)15-21/h4-15,25H,16H2,1-3H3,(H,31,35)(H,30,32,33)/t25-/m1/s1. The summed E-state index contributed by atoms with van der Waals surface area (Å²) in [6, 6.07) is 23.2. The summed E-state index contributed by atoms with van der Waals surface area (Å²) < 4.78 is 1.78. The predicted molar refractivity (Wildman–Crippen MR) is 146 cm³/mol. The monoisotopic (exact) mass is 515 g/mol. The van der Waals surface area contributed by atoms with E-state index in [-0.39, 0.29) is 5.91 Å². The molecule has 4 aromatic rings. The van der Waals surface area contributed by atoms with Crippen LogP contribution in [0, 0.1) is 13.8 Å². The number of carbonyl (C=O) groups excluding carboxylic acids is 1. The van der Waals surface area contributed by atoms with Crippen molar-refractivity contribution in [3.63, 3.8) is 0 Å². The lowest BCUT2D eigenvalue weighted by molar-refractivity contribution is -0.113. The Morgan fingerprint density at radius 3 is 2.61 bits per heavy atom. The van der Waals surface area contributed by atoms with Crippen molar-refractivity contribution in [2.24, 2.45) is 0 Å².